The molecule has 3 aromatic carbocycles. The Morgan fingerprint density at radius 1 is 1.11 bits per heavy atom. The summed E-state index contributed by atoms with van der Waals surface area (Å²) in [6.45, 7) is -1.08. The largest absolute Gasteiger partial charge is 0.487 e. The van der Waals surface area contributed by atoms with Crippen LogP contribution in [0.5, 0.6) is 5.75 Å². The van der Waals surface area contributed by atoms with Gasteiger partial charge in [0.15, 0.2) is 0 Å². The van der Waals surface area contributed by atoms with Gasteiger partial charge in [-0.25, -0.2) is 26.9 Å². The minimum absolute atomic E-state index is 0.0775. The van der Waals surface area contributed by atoms with Gasteiger partial charge in [-0.3, -0.25) is 9.59 Å². The van der Waals surface area contributed by atoms with E-state index < -0.39 is 48.9 Å². The molecule has 0 saturated heterocycles. The highest BCUT2D eigenvalue weighted by atomic mass is 35.5. The number of nitrogens with one attached hydrogen (secondary N) is 2. The van der Waals surface area contributed by atoms with Crippen LogP contribution in [-0.4, -0.2) is 40.3 Å². The predicted octanol–water partition coefficient (Wildman–Crippen LogP) is 7.43. The highest BCUT2D eigenvalue weighted by Gasteiger charge is 2.61. The van der Waals surface area contributed by atoms with E-state index in [4.69, 9.17) is 39.5 Å². The number of fused-ring (bicyclic) bond motifs is 1. The third kappa shape index (κ3) is 6.72. The van der Waals surface area contributed by atoms with Crippen LogP contribution in [-0.2, 0) is 24.8 Å². The minimum Gasteiger partial charge on any atom is -0.487 e. The first-order chi connectivity index (χ1) is 20.7. The van der Waals surface area contributed by atoms with Crippen LogP contribution in [0.1, 0.15) is 33.7 Å². The molecule has 232 valence electrons. The fourth-order valence-electron chi connectivity index (χ4n) is 4.56. The maximum absolute atomic E-state index is 13.6. The van der Waals surface area contributed by atoms with Crippen LogP contribution < -0.4 is 15.4 Å². The van der Waals surface area contributed by atoms with Gasteiger partial charge in [0.05, 0.1) is 26.6 Å². The number of hydrogen-bond donors (Lipinski definition) is 2. The summed E-state index contributed by atoms with van der Waals surface area (Å²) < 4.78 is 73.0. The number of halogens is 8. The molecule has 1 unspecified atom stereocenters. The lowest BCUT2D eigenvalue weighted by molar-refractivity contribution is -0.124. The van der Waals surface area contributed by atoms with Crippen LogP contribution in [0.25, 0.3) is 11.0 Å². The van der Waals surface area contributed by atoms with Gasteiger partial charge in [-0.15, -0.1) is 0 Å². The van der Waals surface area contributed by atoms with E-state index >= 15 is 0 Å². The van der Waals surface area contributed by atoms with Crippen LogP contribution in [0, 0.1) is 11.7 Å². The van der Waals surface area contributed by atoms with Crippen molar-refractivity contribution in [2.24, 2.45) is 13.0 Å². The zero-order chi connectivity index (χ0) is 31.9. The first-order valence-electron chi connectivity index (χ1n) is 13.0. The van der Waals surface area contributed by atoms with Crippen molar-refractivity contribution in [1.29, 1.82) is 0 Å². The smallest absolute Gasteiger partial charge is 0.272 e. The van der Waals surface area contributed by atoms with E-state index in [2.05, 4.69) is 15.6 Å². The Morgan fingerprint density at radius 2 is 1.84 bits per heavy atom. The van der Waals surface area contributed by atoms with E-state index in [1.807, 2.05) is 0 Å². The van der Waals surface area contributed by atoms with E-state index in [1.165, 1.54) is 24.3 Å². The summed E-state index contributed by atoms with van der Waals surface area (Å²) in [6.07, 6.45) is -3.24. The summed E-state index contributed by atoms with van der Waals surface area (Å²) in [5, 5.41) is 5.26. The van der Waals surface area contributed by atoms with Gasteiger partial charge in [0.1, 0.15) is 29.9 Å². The normalized spacial score (nSPS) is 15.5. The number of imidazole rings is 1. The number of benzene rings is 3. The Morgan fingerprint density at radius 3 is 2.50 bits per heavy atom. The second kappa shape index (κ2) is 12.4. The monoisotopic (exact) mass is 674 g/mol. The summed E-state index contributed by atoms with van der Waals surface area (Å²) >= 11 is 18.9. The van der Waals surface area contributed by atoms with Crippen molar-refractivity contribution in [3.8, 4) is 5.75 Å². The number of ether oxygens (including phenoxy) is 1. The molecule has 4 aromatic rings. The third-order valence-corrected chi connectivity index (χ3v) is 8.17. The van der Waals surface area contributed by atoms with Gasteiger partial charge in [-0.1, -0.05) is 40.9 Å². The van der Waals surface area contributed by atoms with E-state index in [0.717, 1.165) is 6.07 Å². The molecule has 5 rings (SSSR count). The highest BCUT2D eigenvalue weighted by Crippen LogP contribution is 2.48. The lowest BCUT2D eigenvalue weighted by atomic mass is 10.1. The van der Waals surface area contributed by atoms with Gasteiger partial charge in [-0.05, 0) is 41.5 Å². The molecule has 1 aromatic heterocycles. The van der Waals surface area contributed by atoms with Crippen molar-refractivity contribution >= 4 is 63.3 Å². The molecule has 7 nitrogen and oxygen atoms in total. The summed E-state index contributed by atoms with van der Waals surface area (Å²) in [7, 11) is 1.66. The van der Waals surface area contributed by atoms with E-state index in [9.17, 15) is 31.5 Å². The topological polar surface area (TPSA) is 85.2 Å². The Hall–Kier alpha value is -3.61. The Kier molecular flexibility index (Phi) is 8.97. The fraction of sp³-hybridized carbons (Fsp3) is 0.276. The Bertz CT molecular complexity index is 1780. The van der Waals surface area contributed by atoms with Gasteiger partial charge >= 0.3 is 0 Å². The molecule has 44 heavy (non-hydrogen) atoms. The molecule has 0 bridgehead atoms. The van der Waals surface area contributed by atoms with Crippen molar-refractivity contribution in [3.63, 3.8) is 0 Å². The maximum Gasteiger partial charge on any atom is 0.272 e. The second-order valence-electron chi connectivity index (χ2n) is 10.1. The first kappa shape index (κ1) is 31.8. The number of nitrogens with zero attached hydrogens (tertiary/aromatic N) is 2. The summed E-state index contributed by atoms with van der Waals surface area (Å²) in [5.41, 5.74) is 1.69. The van der Waals surface area contributed by atoms with E-state index in [1.54, 1.807) is 23.7 Å². The number of aryl methyl sites for hydroxylation is 1. The molecule has 0 spiro atoms. The first-order valence-corrected chi connectivity index (χ1v) is 14.2. The van der Waals surface area contributed by atoms with Crippen LogP contribution in [0.4, 0.5) is 27.6 Å². The third-order valence-electron chi connectivity index (χ3n) is 7.06. The van der Waals surface area contributed by atoms with Crippen molar-refractivity contribution in [3.05, 3.63) is 85.9 Å². The molecule has 0 radical (unpaired) electrons. The lowest BCUT2D eigenvalue weighted by Crippen LogP contribution is -2.26. The minimum atomic E-state index is -3.00. The quantitative estimate of drug-likeness (QED) is 0.171. The number of aromatic nitrogens is 2. The lowest BCUT2D eigenvalue weighted by Gasteiger charge is -2.13. The van der Waals surface area contributed by atoms with Gasteiger partial charge < -0.3 is 19.9 Å². The summed E-state index contributed by atoms with van der Waals surface area (Å²) in [4.78, 5) is 29.8. The second-order valence-corrected chi connectivity index (χ2v) is 11.3. The number of carbonyl (C=O) groups is 2. The van der Waals surface area contributed by atoms with Crippen LogP contribution in [0.3, 0.4) is 0 Å². The molecule has 2 amide bonds. The van der Waals surface area contributed by atoms with Crippen molar-refractivity contribution < 1.29 is 36.3 Å². The average molecular weight is 676 g/mol. The average Bonchev–Trinajstić information content (AvgIpc) is 3.51. The van der Waals surface area contributed by atoms with E-state index in [-0.39, 0.29) is 45.0 Å². The number of rotatable bonds is 10. The van der Waals surface area contributed by atoms with Gasteiger partial charge in [0.2, 0.25) is 5.91 Å². The molecule has 1 atom stereocenters. The van der Waals surface area contributed by atoms with Gasteiger partial charge in [0.25, 0.3) is 18.3 Å². The molecule has 1 fully saturated rings. The van der Waals surface area contributed by atoms with Crippen LogP contribution >= 0.6 is 34.8 Å². The zero-order valence-electron chi connectivity index (χ0n) is 22.7. The number of amides is 2. The Labute approximate surface area is 262 Å². The van der Waals surface area contributed by atoms with Crippen LogP contribution in [0.2, 0.25) is 15.1 Å². The van der Waals surface area contributed by atoms with Crippen molar-refractivity contribution in [2.45, 2.75) is 31.7 Å². The molecular weight excluding hydrogens is 654 g/mol. The number of carbonyl (C=O) groups excluding carboxylic acids is 2. The molecular formula is C29H22Cl3F5N4O3. The SMILES string of the molecule is Cn1c(Cc2c(Cl)ccc(CNC(=O)C3CC3(F)F)c2Cl)nc2cc(C(=O)Nc3ccc(F)c(Cl)c3)c(OCC(F)F)cc21. The number of anilines is 1. The van der Waals surface area contributed by atoms with Gasteiger partial charge in [-0.2, -0.15) is 0 Å². The Balaban J connectivity index is 1.44. The zero-order valence-corrected chi connectivity index (χ0v) is 24.9. The predicted molar refractivity (Wildman–Crippen MR) is 156 cm³/mol. The molecule has 1 saturated carbocycles. The van der Waals surface area contributed by atoms with Gasteiger partial charge in [0, 0.05) is 43.2 Å². The summed E-state index contributed by atoms with van der Waals surface area (Å²) in [6, 6.07) is 9.42. The van der Waals surface area contributed by atoms with E-state index in [0.29, 0.717) is 28.0 Å². The highest BCUT2D eigenvalue weighted by molar-refractivity contribution is 6.36. The summed E-state index contributed by atoms with van der Waals surface area (Å²) in [5.74, 6) is -6.28. The fourth-order valence-corrected chi connectivity index (χ4v) is 5.31. The molecule has 1 heterocycles. The number of alkyl halides is 4. The molecule has 2 N–H and O–H groups in total. The van der Waals surface area contributed by atoms with Crippen LogP contribution in [0.15, 0.2) is 42.5 Å². The maximum atomic E-state index is 13.6. The number of hydrogen-bond acceptors (Lipinski definition) is 4. The van der Waals surface area contributed by atoms with Crippen molar-refractivity contribution in [1.82, 2.24) is 14.9 Å². The molecule has 15 heteroatoms. The van der Waals surface area contributed by atoms with Crippen molar-refractivity contribution in [2.75, 3.05) is 11.9 Å². The molecule has 1 aliphatic rings. The standard InChI is InChI=1S/C29H22Cl3F5N4O3/c1-41-22-9-23(44-12-24(34)35)16(27(42)39-14-3-5-20(33)19(31)6-14)7-21(22)40-25(41)8-15-18(30)4-2-13(26(15)32)11-38-28(43)17-10-29(17,36)37/h2-7,9,17,24H,8,10-12H2,1H3,(H,38,43)(H,39,42). The molecule has 1 aliphatic carbocycles. The molecule has 0 aliphatic heterocycles.